The molecule has 29 heavy (non-hydrogen) atoms. The van der Waals surface area contributed by atoms with Crippen molar-refractivity contribution in [3.63, 3.8) is 0 Å². The van der Waals surface area contributed by atoms with Gasteiger partial charge >= 0.3 is 0 Å². The molecule has 1 amide bonds. The van der Waals surface area contributed by atoms with Gasteiger partial charge in [0.2, 0.25) is 5.91 Å². The molecule has 0 saturated carbocycles. The van der Waals surface area contributed by atoms with Gasteiger partial charge in [-0.3, -0.25) is 4.79 Å². The molecule has 3 aromatic carbocycles. The lowest BCUT2D eigenvalue weighted by molar-refractivity contribution is -0.116. The molecular formula is C25H19N3O. The normalized spacial score (nSPS) is 12.7. The van der Waals surface area contributed by atoms with Crippen LogP contribution in [0.4, 0.5) is 0 Å². The van der Waals surface area contributed by atoms with E-state index in [1.165, 1.54) is 11.1 Å². The van der Waals surface area contributed by atoms with E-state index in [0.717, 1.165) is 22.4 Å². The molecule has 0 fully saturated rings. The second-order valence-electron chi connectivity index (χ2n) is 7.01. The number of rotatable bonds is 4. The monoisotopic (exact) mass is 377 g/mol. The summed E-state index contributed by atoms with van der Waals surface area (Å²) < 4.78 is 1.94. The highest BCUT2D eigenvalue weighted by Gasteiger charge is 2.28. The van der Waals surface area contributed by atoms with Gasteiger partial charge in [0.05, 0.1) is 12.4 Å². The first kappa shape index (κ1) is 17.2. The van der Waals surface area contributed by atoms with Crippen molar-refractivity contribution in [1.82, 2.24) is 14.9 Å². The Labute approximate surface area is 169 Å². The molecule has 140 valence electrons. The van der Waals surface area contributed by atoms with Crippen molar-refractivity contribution in [2.24, 2.45) is 0 Å². The Hall–Kier alpha value is -3.92. The molecule has 0 atom stereocenters. The van der Waals surface area contributed by atoms with Crippen molar-refractivity contribution in [1.29, 1.82) is 0 Å². The molecule has 0 bridgehead atoms. The van der Waals surface area contributed by atoms with E-state index in [0.29, 0.717) is 0 Å². The zero-order valence-electron chi connectivity index (χ0n) is 15.7. The summed E-state index contributed by atoms with van der Waals surface area (Å²) in [6.45, 7) is 0. The Morgan fingerprint density at radius 1 is 0.897 bits per heavy atom. The van der Waals surface area contributed by atoms with Crippen molar-refractivity contribution >= 4 is 12.0 Å². The number of benzene rings is 3. The zero-order chi connectivity index (χ0) is 19.6. The van der Waals surface area contributed by atoms with Crippen molar-refractivity contribution in [2.45, 2.75) is 6.04 Å². The summed E-state index contributed by atoms with van der Waals surface area (Å²) in [6, 6.07) is 24.3. The minimum atomic E-state index is -0.122. The Bertz CT molecular complexity index is 1150. The molecular weight excluding hydrogens is 358 g/mol. The maximum Gasteiger partial charge on any atom is 0.244 e. The van der Waals surface area contributed by atoms with E-state index >= 15 is 0 Å². The van der Waals surface area contributed by atoms with Gasteiger partial charge in [0, 0.05) is 24.2 Å². The van der Waals surface area contributed by atoms with Gasteiger partial charge in [0.1, 0.15) is 0 Å². The molecule has 1 aliphatic rings. The highest BCUT2D eigenvalue weighted by atomic mass is 16.1. The van der Waals surface area contributed by atoms with Gasteiger partial charge in [-0.15, -0.1) is 0 Å². The quantitative estimate of drug-likeness (QED) is 0.521. The third-order valence-electron chi connectivity index (χ3n) is 5.24. The van der Waals surface area contributed by atoms with Crippen LogP contribution in [0, 0.1) is 0 Å². The number of carbonyl (C=O) groups is 1. The number of aromatic nitrogens is 2. The van der Waals surface area contributed by atoms with E-state index < -0.39 is 0 Å². The van der Waals surface area contributed by atoms with E-state index in [-0.39, 0.29) is 11.9 Å². The number of hydrogen-bond acceptors (Lipinski definition) is 2. The lowest BCUT2D eigenvalue weighted by Crippen LogP contribution is -2.26. The largest absolute Gasteiger partial charge is 0.342 e. The molecule has 4 aromatic rings. The Balaban J connectivity index is 1.33. The topological polar surface area (TPSA) is 46.9 Å². The summed E-state index contributed by atoms with van der Waals surface area (Å²) in [5.74, 6) is -0.111. The molecule has 4 heteroatoms. The van der Waals surface area contributed by atoms with Crippen LogP contribution in [-0.4, -0.2) is 15.5 Å². The molecule has 0 aliphatic heterocycles. The summed E-state index contributed by atoms with van der Waals surface area (Å²) in [5.41, 5.74) is 6.65. The zero-order valence-corrected chi connectivity index (χ0v) is 15.7. The summed E-state index contributed by atoms with van der Waals surface area (Å²) in [5, 5.41) is 3.16. The van der Waals surface area contributed by atoms with Gasteiger partial charge in [-0.1, -0.05) is 60.7 Å². The standard InChI is InChI=1S/C25H19N3O/c29-24(14-11-18-9-12-19(13-10-18)28-16-15-26-17-28)27-25-22-7-3-1-5-20(22)21-6-2-4-8-23(21)25/h1-17,25H,(H,27,29)/b14-11+. The van der Waals surface area contributed by atoms with Crippen LogP contribution in [-0.2, 0) is 4.79 Å². The van der Waals surface area contributed by atoms with Crippen LogP contribution in [0.2, 0.25) is 0 Å². The molecule has 1 N–H and O–H groups in total. The van der Waals surface area contributed by atoms with Gasteiger partial charge in [0.15, 0.2) is 0 Å². The molecule has 4 nitrogen and oxygen atoms in total. The third-order valence-corrected chi connectivity index (χ3v) is 5.24. The lowest BCUT2D eigenvalue weighted by Gasteiger charge is -2.14. The summed E-state index contributed by atoms with van der Waals surface area (Å²) >= 11 is 0. The van der Waals surface area contributed by atoms with E-state index in [1.807, 2.05) is 65.4 Å². The molecule has 1 heterocycles. The van der Waals surface area contributed by atoms with Crippen LogP contribution in [0.25, 0.3) is 22.9 Å². The van der Waals surface area contributed by atoms with E-state index in [1.54, 1.807) is 18.6 Å². The van der Waals surface area contributed by atoms with E-state index in [2.05, 4.69) is 34.6 Å². The molecule has 0 unspecified atom stereocenters. The number of amides is 1. The van der Waals surface area contributed by atoms with E-state index in [4.69, 9.17) is 0 Å². The maximum absolute atomic E-state index is 12.6. The van der Waals surface area contributed by atoms with Crippen molar-refractivity contribution < 1.29 is 4.79 Å². The van der Waals surface area contributed by atoms with Crippen LogP contribution in [0.3, 0.4) is 0 Å². The maximum atomic E-state index is 12.6. The second kappa shape index (κ2) is 7.24. The fraction of sp³-hybridized carbons (Fsp3) is 0.0400. The predicted molar refractivity (Wildman–Crippen MR) is 114 cm³/mol. The minimum Gasteiger partial charge on any atom is -0.342 e. The van der Waals surface area contributed by atoms with Crippen molar-refractivity contribution in [3.05, 3.63) is 114 Å². The van der Waals surface area contributed by atoms with Crippen LogP contribution < -0.4 is 5.32 Å². The van der Waals surface area contributed by atoms with Gasteiger partial charge in [-0.25, -0.2) is 4.98 Å². The molecule has 0 saturated heterocycles. The Morgan fingerprint density at radius 2 is 1.55 bits per heavy atom. The predicted octanol–water partition coefficient (Wildman–Crippen LogP) is 4.77. The van der Waals surface area contributed by atoms with Crippen molar-refractivity contribution in [3.8, 4) is 16.8 Å². The number of carbonyl (C=O) groups excluding carboxylic acids is 1. The average molecular weight is 377 g/mol. The number of nitrogens with zero attached hydrogens (tertiary/aromatic N) is 2. The van der Waals surface area contributed by atoms with Gasteiger partial charge < -0.3 is 9.88 Å². The first-order valence-electron chi connectivity index (χ1n) is 9.55. The van der Waals surface area contributed by atoms with Crippen LogP contribution >= 0.6 is 0 Å². The summed E-state index contributed by atoms with van der Waals surface area (Å²) in [4.78, 5) is 16.7. The molecule has 1 aliphatic carbocycles. The fourth-order valence-corrected chi connectivity index (χ4v) is 3.84. The first-order chi connectivity index (χ1) is 14.3. The van der Waals surface area contributed by atoms with Crippen LogP contribution in [0.5, 0.6) is 0 Å². The smallest absolute Gasteiger partial charge is 0.244 e. The minimum absolute atomic E-state index is 0.111. The summed E-state index contributed by atoms with van der Waals surface area (Å²) in [7, 11) is 0. The van der Waals surface area contributed by atoms with Gasteiger partial charge in [0.25, 0.3) is 0 Å². The average Bonchev–Trinajstić information content (AvgIpc) is 3.41. The second-order valence-corrected chi connectivity index (χ2v) is 7.01. The van der Waals surface area contributed by atoms with Gasteiger partial charge in [-0.2, -0.15) is 0 Å². The number of fused-ring (bicyclic) bond motifs is 3. The van der Waals surface area contributed by atoms with Crippen LogP contribution in [0.1, 0.15) is 22.7 Å². The van der Waals surface area contributed by atoms with Gasteiger partial charge in [-0.05, 0) is 46.0 Å². The SMILES string of the molecule is O=C(/C=C/c1ccc(-n2ccnc2)cc1)NC1c2ccccc2-c2ccccc21. The van der Waals surface area contributed by atoms with E-state index in [9.17, 15) is 4.79 Å². The van der Waals surface area contributed by atoms with Crippen molar-refractivity contribution in [2.75, 3.05) is 0 Å². The molecule has 0 radical (unpaired) electrons. The number of nitrogens with one attached hydrogen (secondary N) is 1. The number of hydrogen-bond donors (Lipinski definition) is 1. The Kier molecular flexibility index (Phi) is 4.30. The molecule has 1 aromatic heterocycles. The Morgan fingerprint density at radius 3 is 2.17 bits per heavy atom. The summed E-state index contributed by atoms with van der Waals surface area (Å²) in [6.07, 6.45) is 8.83. The first-order valence-corrected chi connectivity index (χ1v) is 9.55. The lowest BCUT2D eigenvalue weighted by atomic mass is 10.1. The number of imidazole rings is 1. The fourth-order valence-electron chi connectivity index (χ4n) is 3.84. The highest BCUT2D eigenvalue weighted by molar-refractivity contribution is 5.93. The third kappa shape index (κ3) is 3.25. The molecule has 5 rings (SSSR count). The van der Waals surface area contributed by atoms with Crippen LogP contribution in [0.15, 0.2) is 97.6 Å². The molecule has 0 spiro atoms. The highest BCUT2D eigenvalue weighted by Crippen LogP contribution is 2.42.